The molecule has 0 aliphatic carbocycles. The Kier molecular flexibility index (Phi) is 5.25. The maximum absolute atomic E-state index is 10.6. The zero-order chi connectivity index (χ0) is 13.8. The summed E-state index contributed by atoms with van der Waals surface area (Å²) in [6.07, 6.45) is 0.265. The van der Waals surface area contributed by atoms with Crippen LogP contribution in [0.2, 0.25) is 0 Å². The molecule has 0 radical (unpaired) electrons. The van der Waals surface area contributed by atoms with Gasteiger partial charge >= 0.3 is 7.75 Å². The molecule has 0 saturated heterocycles. The van der Waals surface area contributed by atoms with E-state index in [1.807, 2.05) is 0 Å². The van der Waals surface area contributed by atoms with Crippen LogP contribution >= 0.6 is 19.3 Å². The molecular weight excluding hydrogens is 283 g/mol. The molecule has 7 nitrogen and oxygen atoms in total. The summed E-state index contributed by atoms with van der Waals surface area (Å²) in [5.74, 6) is 0. The van der Waals surface area contributed by atoms with Gasteiger partial charge in [-0.1, -0.05) is 12.1 Å². The highest BCUT2D eigenvalue weighted by Crippen LogP contribution is 2.33. The first-order valence-corrected chi connectivity index (χ1v) is 7.02. The molecule has 18 heavy (non-hydrogen) atoms. The monoisotopic (exact) mass is 294 g/mol. The maximum Gasteiger partial charge on any atom is 0.400 e. The molecule has 9 heteroatoms. The number of halogens is 1. The average Bonchev–Trinajstić information content (AvgIpc) is 2.27. The highest BCUT2D eigenvalue weighted by molar-refractivity contribution is 7.50. The van der Waals surface area contributed by atoms with Crippen molar-refractivity contribution >= 4 is 25.0 Å². The van der Waals surface area contributed by atoms with Crippen LogP contribution in [0.4, 0.5) is 5.69 Å². The largest absolute Gasteiger partial charge is 0.400 e. The van der Waals surface area contributed by atoms with Crippen molar-refractivity contribution in [1.82, 2.24) is 0 Å². The summed E-state index contributed by atoms with van der Waals surface area (Å²) < 4.78 is 15.1. The first-order chi connectivity index (χ1) is 8.29. The van der Waals surface area contributed by atoms with Crippen LogP contribution in [0.1, 0.15) is 17.4 Å². The third-order valence-corrected chi connectivity index (χ3v) is 3.14. The molecule has 2 atom stereocenters. The van der Waals surface area contributed by atoms with Gasteiger partial charge < -0.3 is 4.89 Å². The molecule has 0 fully saturated rings. The van der Waals surface area contributed by atoms with Crippen molar-refractivity contribution in [3.05, 3.63) is 39.9 Å². The lowest BCUT2D eigenvalue weighted by molar-refractivity contribution is -0.384. The van der Waals surface area contributed by atoms with E-state index in [4.69, 9.17) is 22.0 Å². The third kappa shape index (κ3) is 5.12. The van der Waals surface area contributed by atoms with E-state index in [-0.39, 0.29) is 18.7 Å². The van der Waals surface area contributed by atoms with Crippen LogP contribution in [0.3, 0.4) is 0 Å². The lowest BCUT2D eigenvalue weighted by Gasteiger charge is -2.11. The highest BCUT2D eigenvalue weighted by Gasteiger charge is 2.14. The first-order valence-electron chi connectivity index (χ1n) is 4.94. The lowest BCUT2D eigenvalue weighted by Crippen LogP contribution is -2.02. The van der Waals surface area contributed by atoms with Crippen LogP contribution in [0, 0.1) is 10.1 Å². The molecule has 0 saturated carbocycles. The summed E-state index contributed by atoms with van der Waals surface area (Å²) in [6.45, 7) is -0.0740. The van der Waals surface area contributed by atoms with Gasteiger partial charge in [-0.3, -0.25) is 14.6 Å². The zero-order valence-electron chi connectivity index (χ0n) is 9.23. The zero-order valence-corrected chi connectivity index (χ0v) is 10.9. The van der Waals surface area contributed by atoms with Gasteiger partial charge in [0.1, 0.15) is 0 Å². The molecule has 0 aliphatic rings. The Hall–Kier alpha value is -0.980. The van der Waals surface area contributed by atoms with Gasteiger partial charge in [0.2, 0.25) is 0 Å². The predicted octanol–water partition coefficient (Wildman–Crippen LogP) is 2.34. The van der Waals surface area contributed by atoms with Crippen LogP contribution in [0.25, 0.3) is 0 Å². The Balaban J connectivity index is 2.54. The minimum atomic E-state index is -3.98. The Labute approximate surface area is 108 Å². The fourth-order valence-corrected chi connectivity index (χ4v) is 1.86. The summed E-state index contributed by atoms with van der Waals surface area (Å²) in [4.78, 5) is 18.6. The van der Waals surface area contributed by atoms with Gasteiger partial charge in [0, 0.05) is 12.1 Å². The van der Waals surface area contributed by atoms with E-state index in [1.54, 1.807) is 0 Å². The lowest BCUT2D eigenvalue weighted by atomic mass is 10.1. The number of benzene rings is 1. The van der Waals surface area contributed by atoms with E-state index in [1.165, 1.54) is 24.3 Å². The minimum Gasteiger partial charge on any atom is -0.313 e. The second kappa shape index (κ2) is 6.26. The van der Waals surface area contributed by atoms with Crippen molar-refractivity contribution in [1.29, 1.82) is 0 Å². The number of non-ortho nitro benzene ring substituents is 1. The Morgan fingerprint density at radius 3 is 2.50 bits per heavy atom. The number of hydrogen-bond acceptors (Lipinski definition) is 4. The Morgan fingerprint density at radius 2 is 2.06 bits per heavy atom. The highest BCUT2D eigenvalue weighted by atomic mass is 35.5. The molecule has 2 unspecified atom stereocenters. The number of nitrogens with two attached hydrogens (primary N) is 1. The molecule has 0 aliphatic heterocycles. The van der Waals surface area contributed by atoms with Crippen LogP contribution < -0.4 is 5.50 Å². The van der Waals surface area contributed by atoms with Gasteiger partial charge in [0.25, 0.3) is 5.69 Å². The van der Waals surface area contributed by atoms with E-state index < -0.39 is 18.0 Å². The topological polar surface area (TPSA) is 116 Å². The second-order valence-electron chi connectivity index (χ2n) is 3.50. The number of nitro groups is 1. The number of nitro benzene ring substituents is 1. The van der Waals surface area contributed by atoms with E-state index in [0.717, 1.165) is 0 Å². The van der Waals surface area contributed by atoms with Gasteiger partial charge in [0.15, 0.2) is 0 Å². The SMILES string of the molecule is NP(=O)(O)OCCC(Cl)c1ccc([N+](=O)[O-])cc1. The van der Waals surface area contributed by atoms with E-state index in [2.05, 4.69) is 4.52 Å². The van der Waals surface area contributed by atoms with Crippen LogP contribution in [0.15, 0.2) is 24.3 Å². The van der Waals surface area contributed by atoms with Gasteiger partial charge in [0.05, 0.1) is 16.9 Å². The van der Waals surface area contributed by atoms with Crippen molar-refractivity contribution in [3.63, 3.8) is 0 Å². The molecule has 0 spiro atoms. The number of nitrogens with zero attached hydrogens (tertiary/aromatic N) is 1. The van der Waals surface area contributed by atoms with Crippen LogP contribution in [0.5, 0.6) is 0 Å². The molecule has 100 valence electrons. The van der Waals surface area contributed by atoms with Crippen molar-refractivity contribution < 1.29 is 18.9 Å². The van der Waals surface area contributed by atoms with Crippen molar-refractivity contribution in [2.75, 3.05) is 6.61 Å². The molecule has 0 heterocycles. The standard InChI is InChI=1S/C9H12ClN2O5P/c10-9(5-6-17-18(11,15)16)7-1-3-8(4-2-7)12(13)14/h1-4,9H,5-6H2,(H3,11,15,16). The number of rotatable bonds is 6. The predicted molar refractivity (Wildman–Crippen MR) is 66.3 cm³/mol. The average molecular weight is 295 g/mol. The van der Waals surface area contributed by atoms with Crippen LogP contribution in [-0.4, -0.2) is 16.4 Å². The second-order valence-corrected chi connectivity index (χ2v) is 5.42. The molecule has 1 aromatic rings. The molecule has 3 N–H and O–H groups in total. The summed E-state index contributed by atoms with van der Waals surface area (Å²) in [5, 5.41) is 9.97. The first kappa shape index (κ1) is 15.1. The fraction of sp³-hybridized carbons (Fsp3) is 0.333. The molecule has 0 amide bonds. The maximum atomic E-state index is 10.6. The smallest absolute Gasteiger partial charge is 0.313 e. The summed E-state index contributed by atoms with van der Waals surface area (Å²) >= 11 is 6.00. The van der Waals surface area contributed by atoms with E-state index >= 15 is 0 Å². The molecule has 1 aromatic carbocycles. The Morgan fingerprint density at radius 1 is 1.50 bits per heavy atom. The van der Waals surface area contributed by atoms with Crippen molar-refractivity contribution in [2.45, 2.75) is 11.8 Å². The normalized spacial score (nSPS) is 15.9. The number of alkyl halides is 1. The van der Waals surface area contributed by atoms with E-state index in [0.29, 0.717) is 5.56 Å². The summed E-state index contributed by atoms with van der Waals surface area (Å²) in [5.41, 5.74) is 5.42. The summed E-state index contributed by atoms with van der Waals surface area (Å²) in [6, 6.07) is 5.73. The number of hydrogen-bond donors (Lipinski definition) is 2. The molecule has 0 bridgehead atoms. The van der Waals surface area contributed by atoms with Gasteiger partial charge in [-0.15, -0.1) is 11.6 Å². The molecule has 1 rings (SSSR count). The quantitative estimate of drug-likeness (QED) is 0.360. The summed E-state index contributed by atoms with van der Waals surface area (Å²) in [7, 11) is -3.98. The van der Waals surface area contributed by atoms with Crippen molar-refractivity contribution in [3.8, 4) is 0 Å². The Bertz CT molecular complexity index is 461. The third-order valence-electron chi connectivity index (χ3n) is 2.11. The van der Waals surface area contributed by atoms with Gasteiger partial charge in [-0.05, 0) is 12.0 Å². The van der Waals surface area contributed by atoms with Gasteiger partial charge in [-0.25, -0.2) is 10.1 Å². The van der Waals surface area contributed by atoms with Gasteiger partial charge in [-0.2, -0.15) is 0 Å². The van der Waals surface area contributed by atoms with E-state index in [9.17, 15) is 14.7 Å². The van der Waals surface area contributed by atoms with Crippen LogP contribution in [-0.2, 0) is 9.09 Å². The minimum absolute atomic E-state index is 0.0271. The molecule has 0 aromatic heterocycles. The molecular formula is C9H12ClN2O5P. The van der Waals surface area contributed by atoms with Crippen molar-refractivity contribution in [2.24, 2.45) is 5.50 Å². The fourth-order valence-electron chi connectivity index (χ4n) is 1.26.